The zero-order valence-corrected chi connectivity index (χ0v) is 19.2. The molecule has 1 heterocycles. The number of ether oxygens (including phenoxy) is 2. The van der Waals surface area contributed by atoms with E-state index in [1.54, 1.807) is 43.3 Å². The SMILES string of the molecule is CC(Oc1ccc(-c2ccccc2)cc1)C(=O)N/N=C/c1ccc(OC(=O)c2cccs2)cc1. The Morgan fingerprint density at radius 3 is 2.21 bits per heavy atom. The van der Waals surface area contributed by atoms with Gasteiger partial charge in [0, 0.05) is 0 Å². The number of carbonyl (C=O) groups is 2. The number of rotatable bonds is 8. The van der Waals surface area contributed by atoms with E-state index in [1.165, 1.54) is 17.6 Å². The first-order valence-corrected chi connectivity index (χ1v) is 11.5. The summed E-state index contributed by atoms with van der Waals surface area (Å²) < 4.78 is 11.0. The average Bonchev–Trinajstić information content (AvgIpc) is 3.41. The van der Waals surface area contributed by atoms with Gasteiger partial charge in [0.2, 0.25) is 0 Å². The molecule has 0 fully saturated rings. The molecule has 34 heavy (non-hydrogen) atoms. The highest BCUT2D eigenvalue weighted by atomic mass is 32.1. The first-order chi connectivity index (χ1) is 16.6. The molecule has 6 nitrogen and oxygen atoms in total. The van der Waals surface area contributed by atoms with E-state index in [-0.39, 0.29) is 5.91 Å². The minimum absolute atomic E-state index is 0.370. The second kappa shape index (κ2) is 11.1. The van der Waals surface area contributed by atoms with E-state index in [9.17, 15) is 9.59 Å². The average molecular weight is 471 g/mol. The highest BCUT2D eigenvalue weighted by Crippen LogP contribution is 2.22. The first-order valence-electron chi connectivity index (χ1n) is 10.6. The molecule has 0 radical (unpaired) electrons. The third-order valence-corrected chi connectivity index (χ3v) is 5.69. The van der Waals surface area contributed by atoms with Gasteiger partial charge in [0.05, 0.1) is 6.21 Å². The number of nitrogens with zero attached hydrogens (tertiary/aromatic N) is 1. The van der Waals surface area contributed by atoms with E-state index in [2.05, 4.69) is 10.5 Å². The molecule has 1 aromatic heterocycles. The number of amides is 1. The molecule has 4 rings (SSSR count). The first kappa shape index (κ1) is 22.9. The molecule has 7 heteroatoms. The third-order valence-electron chi connectivity index (χ3n) is 4.84. The number of benzene rings is 3. The summed E-state index contributed by atoms with van der Waals surface area (Å²) in [5, 5.41) is 5.80. The van der Waals surface area contributed by atoms with E-state index in [0.717, 1.165) is 16.7 Å². The number of thiophene rings is 1. The van der Waals surface area contributed by atoms with Crippen LogP contribution in [-0.4, -0.2) is 24.2 Å². The molecule has 0 aliphatic heterocycles. The van der Waals surface area contributed by atoms with Crippen LogP contribution >= 0.6 is 11.3 Å². The monoisotopic (exact) mass is 470 g/mol. The Bertz CT molecular complexity index is 1250. The van der Waals surface area contributed by atoms with Crippen molar-refractivity contribution < 1.29 is 19.1 Å². The fourth-order valence-electron chi connectivity index (χ4n) is 3.05. The number of nitrogens with one attached hydrogen (secondary N) is 1. The molecule has 170 valence electrons. The van der Waals surface area contributed by atoms with Gasteiger partial charge in [-0.2, -0.15) is 5.10 Å². The molecule has 0 aliphatic rings. The van der Waals surface area contributed by atoms with E-state index >= 15 is 0 Å². The lowest BCUT2D eigenvalue weighted by molar-refractivity contribution is -0.127. The Morgan fingerprint density at radius 2 is 1.53 bits per heavy atom. The van der Waals surface area contributed by atoms with E-state index in [1.807, 2.05) is 60.0 Å². The second-order valence-corrected chi connectivity index (χ2v) is 8.27. The molecule has 0 spiro atoms. The lowest BCUT2D eigenvalue weighted by atomic mass is 10.1. The number of carbonyl (C=O) groups excluding carboxylic acids is 2. The maximum atomic E-state index is 12.3. The van der Waals surface area contributed by atoms with Crippen LogP contribution in [0, 0.1) is 0 Å². The molecule has 1 N–H and O–H groups in total. The smallest absolute Gasteiger partial charge is 0.353 e. The summed E-state index contributed by atoms with van der Waals surface area (Å²) in [6, 6.07) is 27.9. The van der Waals surface area contributed by atoms with Crippen molar-refractivity contribution in [3.05, 3.63) is 107 Å². The Labute approximate surface area is 201 Å². The van der Waals surface area contributed by atoms with Crippen molar-refractivity contribution in [2.75, 3.05) is 0 Å². The summed E-state index contributed by atoms with van der Waals surface area (Å²) in [6.45, 7) is 1.66. The van der Waals surface area contributed by atoms with Crippen LogP contribution in [0.5, 0.6) is 11.5 Å². The van der Waals surface area contributed by atoms with Crippen LogP contribution in [0.25, 0.3) is 11.1 Å². The molecule has 1 atom stereocenters. The second-order valence-electron chi connectivity index (χ2n) is 7.32. The molecule has 1 unspecified atom stereocenters. The van der Waals surface area contributed by atoms with Crippen LogP contribution in [0.1, 0.15) is 22.2 Å². The molecular weight excluding hydrogens is 448 g/mol. The van der Waals surface area contributed by atoms with Crippen molar-refractivity contribution in [1.29, 1.82) is 0 Å². The molecule has 3 aromatic carbocycles. The maximum Gasteiger partial charge on any atom is 0.353 e. The van der Waals surface area contributed by atoms with Crippen molar-refractivity contribution in [2.24, 2.45) is 5.10 Å². The summed E-state index contributed by atoms with van der Waals surface area (Å²) in [5.41, 5.74) is 5.40. The Hall–Kier alpha value is -4.23. The molecule has 0 saturated carbocycles. The summed E-state index contributed by atoms with van der Waals surface area (Å²) in [7, 11) is 0. The van der Waals surface area contributed by atoms with Crippen LogP contribution in [-0.2, 0) is 4.79 Å². The van der Waals surface area contributed by atoms with Crippen LogP contribution in [0.4, 0.5) is 0 Å². The zero-order valence-electron chi connectivity index (χ0n) is 18.4. The highest BCUT2D eigenvalue weighted by molar-refractivity contribution is 7.12. The number of esters is 1. The van der Waals surface area contributed by atoms with Gasteiger partial charge < -0.3 is 9.47 Å². The molecule has 0 bridgehead atoms. The van der Waals surface area contributed by atoms with Gasteiger partial charge in [0.25, 0.3) is 5.91 Å². The molecule has 0 saturated heterocycles. The number of hydrazone groups is 1. The standard InChI is InChI=1S/C27H22N2O4S/c1-19(32-23-15-11-22(12-16-23)21-6-3-2-4-7-21)26(30)29-28-18-20-9-13-24(14-10-20)33-27(31)25-8-5-17-34-25/h2-19H,1H3,(H,29,30)/b28-18+. The largest absolute Gasteiger partial charge is 0.481 e. The minimum Gasteiger partial charge on any atom is -0.481 e. The van der Waals surface area contributed by atoms with Crippen molar-refractivity contribution >= 4 is 29.4 Å². The Morgan fingerprint density at radius 1 is 0.853 bits per heavy atom. The van der Waals surface area contributed by atoms with Gasteiger partial charge in [-0.25, -0.2) is 10.2 Å². The van der Waals surface area contributed by atoms with Crippen molar-refractivity contribution in [3.8, 4) is 22.6 Å². The maximum absolute atomic E-state index is 12.3. The van der Waals surface area contributed by atoms with Crippen molar-refractivity contribution in [3.63, 3.8) is 0 Å². The van der Waals surface area contributed by atoms with Gasteiger partial charge in [0.1, 0.15) is 16.4 Å². The fraction of sp³-hybridized carbons (Fsp3) is 0.0741. The number of hydrogen-bond donors (Lipinski definition) is 1. The summed E-state index contributed by atoms with van der Waals surface area (Å²) >= 11 is 1.32. The predicted molar refractivity (Wildman–Crippen MR) is 133 cm³/mol. The van der Waals surface area contributed by atoms with Gasteiger partial charge in [-0.1, -0.05) is 48.5 Å². The van der Waals surface area contributed by atoms with E-state index in [4.69, 9.17) is 9.47 Å². The third kappa shape index (κ3) is 6.17. The van der Waals surface area contributed by atoms with Crippen LogP contribution in [0.15, 0.2) is 101 Å². The molecule has 1 amide bonds. The normalized spacial score (nSPS) is 11.7. The van der Waals surface area contributed by atoms with Gasteiger partial charge >= 0.3 is 5.97 Å². The lowest BCUT2D eigenvalue weighted by Crippen LogP contribution is -2.33. The van der Waals surface area contributed by atoms with Crippen LogP contribution in [0.2, 0.25) is 0 Å². The van der Waals surface area contributed by atoms with Crippen molar-refractivity contribution in [1.82, 2.24) is 5.43 Å². The van der Waals surface area contributed by atoms with Gasteiger partial charge in [-0.3, -0.25) is 4.79 Å². The number of hydrogen-bond acceptors (Lipinski definition) is 6. The fourth-order valence-corrected chi connectivity index (χ4v) is 3.65. The Balaban J connectivity index is 1.25. The van der Waals surface area contributed by atoms with Gasteiger partial charge in [-0.05, 0) is 71.5 Å². The van der Waals surface area contributed by atoms with E-state index in [0.29, 0.717) is 16.4 Å². The molecular formula is C27H22N2O4S. The topological polar surface area (TPSA) is 77.0 Å². The quantitative estimate of drug-likeness (QED) is 0.158. The lowest BCUT2D eigenvalue weighted by Gasteiger charge is -2.13. The summed E-state index contributed by atoms with van der Waals surface area (Å²) in [6.07, 6.45) is 0.781. The minimum atomic E-state index is -0.723. The summed E-state index contributed by atoms with van der Waals surface area (Å²) in [4.78, 5) is 24.8. The summed E-state index contributed by atoms with van der Waals surface area (Å²) in [5.74, 6) is 0.260. The van der Waals surface area contributed by atoms with Gasteiger partial charge in [0.15, 0.2) is 6.10 Å². The predicted octanol–water partition coefficient (Wildman–Crippen LogP) is 5.55. The Kier molecular flexibility index (Phi) is 7.47. The van der Waals surface area contributed by atoms with Crippen LogP contribution in [0.3, 0.4) is 0 Å². The molecule has 4 aromatic rings. The highest BCUT2D eigenvalue weighted by Gasteiger charge is 2.14. The zero-order chi connectivity index (χ0) is 23.8. The van der Waals surface area contributed by atoms with Gasteiger partial charge in [-0.15, -0.1) is 11.3 Å². The molecule has 0 aliphatic carbocycles. The van der Waals surface area contributed by atoms with Crippen LogP contribution < -0.4 is 14.9 Å². The van der Waals surface area contributed by atoms with E-state index < -0.39 is 12.1 Å². The van der Waals surface area contributed by atoms with Crippen molar-refractivity contribution in [2.45, 2.75) is 13.0 Å².